The molecule has 0 spiro atoms. The Morgan fingerprint density at radius 2 is 2.12 bits per heavy atom. The van der Waals surface area contributed by atoms with E-state index in [1.165, 1.54) is 0 Å². The molecule has 0 aliphatic rings. The van der Waals surface area contributed by atoms with Crippen LogP contribution in [0, 0.1) is 0 Å². The van der Waals surface area contributed by atoms with Crippen LogP contribution in [0.3, 0.4) is 0 Å². The quantitative estimate of drug-likeness (QED) is 0.889. The predicted octanol–water partition coefficient (Wildman–Crippen LogP) is 2.20. The van der Waals surface area contributed by atoms with Crippen molar-refractivity contribution in [3.63, 3.8) is 0 Å². The molecule has 84 valence electrons. The Morgan fingerprint density at radius 3 is 2.81 bits per heavy atom. The highest BCUT2D eigenvalue weighted by molar-refractivity contribution is 6.32. The monoisotopic (exact) mass is 236 g/mol. The van der Waals surface area contributed by atoms with Gasteiger partial charge in [-0.1, -0.05) is 28.9 Å². The molecule has 5 heteroatoms. The Morgan fingerprint density at radius 1 is 1.38 bits per heavy atom. The molecule has 1 atom stereocenters. The molecule has 1 aromatic heterocycles. The summed E-state index contributed by atoms with van der Waals surface area (Å²) < 4.78 is 1.69. The summed E-state index contributed by atoms with van der Waals surface area (Å²) in [5, 5.41) is 11.9. The normalized spacial score (nSPS) is 12.7. The van der Waals surface area contributed by atoms with E-state index >= 15 is 0 Å². The van der Waals surface area contributed by atoms with Crippen LogP contribution < -0.4 is 5.32 Å². The summed E-state index contributed by atoms with van der Waals surface area (Å²) in [6.07, 6.45) is 1.88. The predicted molar refractivity (Wildman–Crippen MR) is 63.8 cm³/mol. The van der Waals surface area contributed by atoms with Crippen molar-refractivity contribution in [2.24, 2.45) is 0 Å². The molecule has 0 fully saturated rings. The number of nitrogens with zero attached hydrogens (tertiary/aromatic N) is 3. The lowest BCUT2D eigenvalue weighted by Gasteiger charge is -2.04. The summed E-state index contributed by atoms with van der Waals surface area (Å²) in [6.45, 7) is 2.03. The van der Waals surface area contributed by atoms with Gasteiger partial charge in [0.2, 0.25) is 0 Å². The van der Waals surface area contributed by atoms with E-state index in [1.807, 2.05) is 44.4 Å². The summed E-state index contributed by atoms with van der Waals surface area (Å²) in [6, 6.07) is 7.73. The highest BCUT2D eigenvalue weighted by Gasteiger charge is 2.09. The maximum absolute atomic E-state index is 6.08. The van der Waals surface area contributed by atoms with Crippen molar-refractivity contribution in [1.29, 1.82) is 0 Å². The van der Waals surface area contributed by atoms with Crippen LogP contribution >= 0.6 is 11.6 Å². The van der Waals surface area contributed by atoms with Crippen molar-refractivity contribution in [3.8, 4) is 5.69 Å². The van der Waals surface area contributed by atoms with E-state index in [9.17, 15) is 0 Å². The van der Waals surface area contributed by atoms with Crippen LogP contribution in [0.1, 0.15) is 18.7 Å². The average Bonchev–Trinajstić information content (AvgIpc) is 2.78. The number of para-hydroxylation sites is 1. The number of benzene rings is 1. The van der Waals surface area contributed by atoms with Crippen molar-refractivity contribution < 1.29 is 0 Å². The first-order valence-corrected chi connectivity index (χ1v) is 5.44. The number of nitrogens with one attached hydrogen (secondary N) is 1. The zero-order chi connectivity index (χ0) is 11.5. The molecule has 1 N–H and O–H groups in total. The number of hydrogen-bond acceptors (Lipinski definition) is 3. The van der Waals surface area contributed by atoms with Crippen LogP contribution in [0.15, 0.2) is 30.5 Å². The van der Waals surface area contributed by atoms with Gasteiger partial charge in [0.05, 0.1) is 22.6 Å². The molecule has 0 aliphatic carbocycles. The number of halogens is 1. The molecule has 0 amide bonds. The lowest BCUT2D eigenvalue weighted by Crippen LogP contribution is -2.12. The molecule has 0 saturated carbocycles. The van der Waals surface area contributed by atoms with Crippen LogP contribution in [0.25, 0.3) is 5.69 Å². The minimum atomic E-state index is 0.177. The van der Waals surface area contributed by atoms with E-state index in [0.29, 0.717) is 5.02 Å². The molecule has 0 radical (unpaired) electrons. The molecule has 2 aromatic rings. The molecular formula is C11H13ClN4. The minimum absolute atomic E-state index is 0.177. The molecule has 0 saturated heterocycles. The standard InChI is InChI=1S/C11H13ClN4/c1-8(13-2)10-7-16(15-14-10)11-6-4-3-5-9(11)12/h3-8,13H,1-2H3. The van der Waals surface area contributed by atoms with E-state index < -0.39 is 0 Å². The Balaban J connectivity index is 2.35. The molecule has 0 aliphatic heterocycles. The zero-order valence-electron chi connectivity index (χ0n) is 9.18. The van der Waals surface area contributed by atoms with Gasteiger partial charge in [0.25, 0.3) is 0 Å². The summed E-state index contributed by atoms with van der Waals surface area (Å²) in [5.74, 6) is 0. The van der Waals surface area contributed by atoms with Gasteiger partial charge in [0.15, 0.2) is 0 Å². The maximum atomic E-state index is 6.08. The fourth-order valence-corrected chi connectivity index (χ4v) is 1.60. The first-order chi connectivity index (χ1) is 7.72. The smallest absolute Gasteiger partial charge is 0.0998 e. The van der Waals surface area contributed by atoms with Gasteiger partial charge in [0, 0.05) is 6.04 Å². The van der Waals surface area contributed by atoms with Crippen LogP contribution in [-0.2, 0) is 0 Å². The topological polar surface area (TPSA) is 42.7 Å². The summed E-state index contributed by atoms with van der Waals surface area (Å²) in [7, 11) is 1.89. The molecule has 4 nitrogen and oxygen atoms in total. The Hall–Kier alpha value is -1.39. The van der Waals surface area contributed by atoms with Crippen LogP contribution in [0.4, 0.5) is 0 Å². The van der Waals surface area contributed by atoms with Crippen molar-refractivity contribution in [1.82, 2.24) is 20.3 Å². The van der Waals surface area contributed by atoms with Gasteiger partial charge < -0.3 is 5.32 Å². The van der Waals surface area contributed by atoms with Gasteiger partial charge >= 0.3 is 0 Å². The Labute approximate surface area is 99.2 Å². The van der Waals surface area contributed by atoms with Gasteiger partial charge in [0.1, 0.15) is 0 Å². The van der Waals surface area contributed by atoms with Crippen molar-refractivity contribution in [2.45, 2.75) is 13.0 Å². The van der Waals surface area contributed by atoms with E-state index in [2.05, 4.69) is 15.6 Å². The van der Waals surface area contributed by atoms with E-state index in [0.717, 1.165) is 11.4 Å². The van der Waals surface area contributed by atoms with Crippen molar-refractivity contribution in [3.05, 3.63) is 41.2 Å². The first-order valence-electron chi connectivity index (χ1n) is 5.07. The molecule has 1 aromatic carbocycles. The molecule has 0 bridgehead atoms. The summed E-state index contributed by atoms with van der Waals surface area (Å²) >= 11 is 6.08. The van der Waals surface area contributed by atoms with Crippen molar-refractivity contribution >= 4 is 11.6 Å². The highest BCUT2D eigenvalue weighted by Crippen LogP contribution is 2.19. The number of aromatic nitrogens is 3. The second-order valence-electron chi connectivity index (χ2n) is 3.55. The molecule has 2 rings (SSSR count). The average molecular weight is 237 g/mol. The maximum Gasteiger partial charge on any atom is 0.0998 e. The lowest BCUT2D eigenvalue weighted by atomic mass is 10.2. The lowest BCUT2D eigenvalue weighted by molar-refractivity contribution is 0.630. The first kappa shape index (κ1) is 11.1. The Bertz CT molecular complexity index is 480. The van der Waals surface area contributed by atoms with Gasteiger partial charge in [-0.05, 0) is 26.1 Å². The van der Waals surface area contributed by atoms with Crippen LogP contribution in [0.5, 0.6) is 0 Å². The molecule has 1 heterocycles. The second-order valence-corrected chi connectivity index (χ2v) is 3.96. The minimum Gasteiger partial charge on any atom is -0.312 e. The SMILES string of the molecule is CNC(C)c1cn(-c2ccccc2Cl)nn1. The molecule has 1 unspecified atom stereocenters. The number of rotatable bonds is 3. The third kappa shape index (κ3) is 2.08. The van der Waals surface area contributed by atoms with Crippen LogP contribution in [0.2, 0.25) is 5.02 Å². The molecule has 16 heavy (non-hydrogen) atoms. The van der Waals surface area contributed by atoms with E-state index in [1.54, 1.807) is 4.68 Å². The van der Waals surface area contributed by atoms with Crippen molar-refractivity contribution in [2.75, 3.05) is 7.05 Å². The fourth-order valence-electron chi connectivity index (χ4n) is 1.38. The number of hydrogen-bond donors (Lipinski definition) is 1. The highest BCUT2D eigenvalue weighted by atomic mass is 35.5. The fraction of sp³-hybridized carbons (Fsp3) is 0.273. The second kappa shape index (κ2) is 4.63. The summed E-state index contributed by atoms with van der Waals surface area (Å²) in [4.78, 5) is 0. The summed E-state index contributed by atoms with van der Waals surface area (Å²) in [5.41, 5.74) is 1.73. The zero-order valence-corrected chi connectivity index (χ0v) is 9.94. The molecular weight excluding hydrogens is 224 g/mol. The van der Waals surface area contributed by atoms with E-state index in [-0.39, 0.29) is 6.04 Å². The van der Waals surface area contributed by atoms with Crippen LogP contribution in [-0.4, -0.2) is 22.0 Å². The third-order valence-electron chi connectivity index (χ3n) is 2.49. The van der Waals surface area contributed by atoms with Gasteiger partial charge in [-0.3, -0.25) is 0 Å². The van der Waals surface area contributed by atoms with Gasteiger partial charge in [-0.25, -0.2) is 4.68 Å². The van der Waals surface area contributed by atoms with Gasteiger partial charge in [-0.2, -0.15) is 0 Å². The third-order valence-corrected chi connectivity index (χ3v) is 2.81. The Kier molecular flexibility index (Phi) is 3.22. The largest absolute Gasteiger partial charge is 0.312 e. The van der Waals surface area contributed by atoms with E-state index in [4.69, 9.17) is 11.6 Å². The van der Waals surface area contributed by atoms with Gasteiger partial charge in [-0.15, -0.1) is 5.10 Å².